The van der Waals surface area contributed by atoms with Gasteiger partial charge >= 0.3 is 0 Å². The fraction of sp³-hybridized carbons (Fsp3) is 0.417. The van der Waals surface area contributed by atoms with Gasteiger partial charge < -0.3 is 15.6 Å². The van der Waals surface area contributed by atoms with Crippen LogP contribution in [-0.4, -0.2) is 17.6 Å². The summed E-state index contributed by atoms with van der Waals surface area (Å²) in [6.45, 7) is -0.130. The maximum Gasteiger partial charge on any atom is 0.255 e. The zero-order chi connectivity index (χ0) is 11.5. The Labute approximate surface area is 94.0 Å². The van der Waals surface area contributed by atoms with Gasteiger partial charge in [-0.3, -0.25) is 4.79 Å². The lowest BCUT2D eigenvalue weighted by atomic mass is 9.89. The summed E-state index contributed by atoms with van der Waals surface area (Å²) in [7, 11) is 0. The van der Waals surface area contributed by atoms with Gasteiger partial charge in [-0.05, 0) is 42.5 Å². The molecule has 0 fully saturated rings. The van der Waals surface area contributed by atoms with Crippen molar-refractivity contribution in [2.45, 2.75) is 25.4 Å². The van der Waals surface area contributed by atoms with E-state index in [0.29, 0.717) is 5.75 Å². The largest absolute Gasteiger partial charge is 0.484 e. The van der Waals surface area contributed by atoms with Crippen molar-refractivity contribution in [3.8, 4) is 5.75 Å². The minimum Gasteiger partial charge on any atom is -0.484 e. The summed E-state index contributed by atoms with van der Waals surface area (Å²) < 4.78 is 5.20. The average Bonchev–Trinajstić information content (AvgIpc) is 2.27. The van der Waals surface area contributed by atoms with E-state index in [-0.39, 0.29) is 6.61 Å². The van der Waals surface area contributed by atoms with E-state index in [0.717, 1.165) is 30.4 Å². The minimum atomic E-state index is -0.502. The van der Waals surface area contributed by atoms with Crippen LogP contribution in [0.15, 0.2) is 18.2 Å². The zero-order valence-corrected chi connectivity index (χ0v) is 8.98. The van der Waals surface area contributed by atoms with Crippen LogP contribution in [0.1, 0.15) is 30.1 Å². The maximum absolute atomic E-state index is 10.6. The molecule has 0 heterocycles. The summed E-state index contributed by atoms with van der Waals surface area (Å²) in [5.41, 5.74) is 7.06. The monoisotopic (exact) mass is 221 g/mol. The van der Waals surface area contributed by atoms with Gasteiger partial charge in [0.2, 0.25) is 0 Å². The van der Waals surface area contributed by atoms with Gasteiger partial charge in [0.1, 0.15) is 5.75 Å². The Morgan fingerprint density at radius 3 is 3.12 bits per heavy atom. The number of aliphatic hydroxyl groups excluding tert-OH is 1. The van der Waals surface area contributed by atoms with Gasteiger partial charge in [0, 0.05) is 0 Å². The molecule has 0 saturated carbocycles. The van der Waals surface area contributed by atoms with Crippen LogP contribution in [0.5, 0.6) is 5.75 Å². The number of nitrogens with two attached hydrogens (primary N) is 1. The fourth-order valence-electron chi connectivity index (χ4n) is 2.00. The number of aryl methyl sites for hydroxylation is 1. The topological polar surface area (TPSA) is 72.6 Å². The third-order valence-corrected chi connectivity index (χ3v) is 2.78. The molecule has 0 aromatic heterocycles. The molecule has 0 bridgehead atoms. The molecule has 4 nitrogen and oxygen atoms in total. The molecule has 3 N–H and O–H groups in total. The van der Waals surface area contributed by atoms with Crippen LogP contribution in [0.3, 0.4) is 0 Å². The highest BCUT2D eigenvalue weighted by atomic mass is 16.5. The lowest BCUT2D eigenvalue weighted by Gasteiger charge is -2.21. The third kappa shape index (κ3) is 2.33. The summed E-state index contributed by atoms with van der Waals surface area (Å²) >= 11 is 0. The number of ether oxygens (including phenoxy) is 1. The first-order valence-electron chi connectivity index (χ1n) is 5.39. The Morgan fingerprint density at radius 1 is 1.56 bits per heavy atom. The predicted molar refractivity (Wildman–Crippen MR) is 59.0 cm³/mol. The lowest BCUT2D eigenvalue weighted by molar-refractivity contribution is -0.119. The highest BCUT2D eigenvalue weighted by Crippen LogP contribution is 2.32. The smallest absolute Gasteiger partial charge is 0.255 e. The van der Waals surface area contributed by atoms with Crippen molar-refractivity contribution in [2.75, 3.05) is 6.61 Å². The van der Waals surface area contributed by atoms with Crippen LogP contribution < -0.4 is 10.5 Å². The van der Waals surface area contributed by atoms with E-state index in [1.54, 1.807) is 12.1 Å². The number of carbonyl (C=O) groups excluding carboxylic acids is 1. The lowest BCUT2D eigenvalue weighted by Crippen LogP contribution is -2.20. The van der Waals surface area contributed by atoms with Crippen LogP contribution in [0, 0.1) is 0 Å². The van der Waals surface area contributed by atoms with Crippen molar-refractivity contribution in [1.29, 1.82) is 0 Å². The van der Waals surface area contributed by atoms with Crippen molar-refractivity contribution in [1.82, 2.24) is 0 Å². The molecule has 2 rings (SSSR count). The van der Waals surface area contributed by atoms with Crippen molar-refractivity contribution < 1.29 is 14.6 Å². The van der Waals surface area contributed by atoms with E-state index < -0.39 is 12.0 Å². The number of primary amides is 1. The SMILES string of the molecule is NC(=O)COc1ccc2c(c1)[C@H](O)CCC2. The highest BCUT2D eigenvalue weighted by Gasteiger charge is 2.18. The molecule has 1 aromatic carbocycles. The number of hydrogen-bond donors (Lipinski definition) is 2. The second kappa shape index (κ2) is 4.53. The van der Waals surface area contributed by atoms with Gasteiger partial charge in [-0.15, -0.1) is 0 Å². The molecule has 1 aliphatic carbocycles. The summed E-state index contributed by atoms with van der Waals surface area (Å²) in [6.07, 6.45) is 2.37. The third-order valence-electron chi connectivity index (χ3n) is 2.78. The number of amides is 1. The first kappa shape index (κ1) is 11.0. The van der Waals surface area contributed by atoms with Gasteiger partial charge in [0.15, 0.2) is 6.61 Å². The van der Waals surface area contributed by atoms with E-state index in [9.17, 15) is 9.90 Å². The quantitative estimate of drug-likeness (QED) is 0.797. The first-order chi connectivity index (χ1) is 7.66. The molecule has 1 aromatic rings. The Hall–Kier alpha value is -1.55. The number of carbonyl (C=O) groups is 1. The maximum atomic E-state index is 10.6. The molecule has 1 atom stereocenters. The highest BCUT2D eigenvalue weighted by molar-refractivity contribution is 5.75. The van der Waals surface area contributed by atoms with Crippen LogP contribution in [0.4, 0.5) is 0 Å². The number of benzene rings is 1. The standard InChI is InChI=1S/C12H15NO3/c13-12(15)7-16-9-5-4-8-2-1-3-11(14)10(8)6-9/h4-6,11,14H,1-3,7H2,(H2,13,15)/t11-/m1/s1. The molecule has 1 amide bonds. The van der Waals surface area contributed by atoms with Crippen LogP contribution in [0.2, 0.25) is 0 Å². The van der Waals surface area contributed by atoms with Gasteiger partial charge in [0.25, 0.3) is 5.91 Å². The molecule has 86 valence electrons. The number of aliphatic hydroxyl groups is 1. The molecule has 0 spiro atoms. The first-order valence-corrected chi connectivity index (χ1v) is 5.39. The van der Waals surface area contributed by atoms with Crippen LogP contribution in [0.25, 0.3) is 0 Å². The van der Waals surface area contributed by atoms with Crippen molar-refractivity contribution in [3.63, 3.8) is 0 Å². The van der Waals surface area contributed by atoms with E-state index in [1.165, 1.54) is 0 Å². The van der Waals surface area contributed by atoms with Crippen LogP contribution >= 0.6 is 0 Å². The van der Waals surface area contributed by atoms with E-state index in [1.807, 2.05) is 6.07 Å². The predicted octanol–water partition coefficient (Wildman–Crippen LogP) is 0.920. The van der Waals surface area contributed by atoms with Crippen molar-refractivity contribution >= 4 is 5.91 Å². The molecule has 1 aliphatic rings. The fourth-order valence-corrected chi connectivity index (χ4v) is 2.00. The van der Waals surface area contributed by atoms with E-state index in [4.69, 9.17) is 10.5 Å². The summed E-state index contributed by atoms with van der Waals surface area (Å²) in [6, 6.07) is 5.54. The second-order valence-electron chi connectivity index (χ2n) is 4.02. The summed E-state index contributed by atoms with van der Waals surface area (Å²) in [4.78, 5) is 10.6. The molecule has 0 saturated heterocycles. The van der Waals surface area contributed by atoms with Gasteiger partial charge in [-0.1, -0.05) is 6.07 Å². The number of rotatable bonds is 3. The molecule has 4 heteroatoms. The molecule has 0 radical (unpaired) electrons. The Balaban J connectivity index is 2.17. The second-order valence-corrected chi connectivity index (χ2v) is 4.02. The van der Waals surface area contributed by atoms with Gasteiger partial charge in [-0.2, -0.15) is 0 Å². The number of fused-ring (bicyclic) bond motifs is 1. The molecule has 0 unspecified atom stereocenters. The molecule has 16 heavy (non-hydrogen) atoms. The Morgan fingerprint density at radius 2 is 2.38 bits per heavy atom. The van der Waals surface area contributed by atoms with Crippen molar-refractivity contribution in [3.05, 3.63) is 29.3 Å². The molecular weight excluding hydrogens is 206 g/mol. The van der Waals surface area contributed by atoms with E-state index in [2.05, 4.69) is 0 Å². The zero-order valence-electron chi connectivity index (χ0n) is 8.98. The molecular formula is C12H15NO3. The average molecular weight is 221 g/mol. The number of hydrogen-bond acceptors (Lipinski definition) is 3. The normalized spacial score (nSPS) is 18.9. The molecule has 0 aliphatic heterocycles. The minimum absolute atomic E-state index is 0.130. The Kier molecular flexibility index (Phi) is 3.10. The van der Waals surface area contributed by atoms with Crippen LogP contribution in [-0.2, 0) is 11.2 Å². The van der Waals surface area contributed by atoms with Gasteiger partial charge in [0.05, 0.1) is 6.10 Å². The summed E-state index contributed by atoms with van der Waals surface area (Å²) in [5.74, 6) is 0.0803. The summed E-state index contributed by atoms with van der Waals surface area (Å²) in [5, 5.41) is 9.82. The van der Waals surface area contributed by atoms with Gasteiger partial charge in [-0.25, -0.2) is 0 Å². The Bertz CT molecular complexity index is 403. The van der Waals surface area contributed by atoms with Crippen molar-refractivity contribution in [2.24, 2.45) is 5.73 Å². The van der Waals surface area contributed by atoms with E-state index >= 15 is 0 Å².